The van der Waals surface area contributed by atoms with E-state index in [0.717, 1.165) is 12.2 Å². The molecule has 0 saturated heterocycles. The van der Waals surface area contributed by atoms with E-state index in [1.165, 1.54) is 14.0 Å². The first-order chi connectivity index (χ1) is 11.8. The van der Waals surface area contributed by atoms with Crippen LogP contribution in [0.5, 0.6) is 0 Å². The molecule has 0 fully saturated rings. The van der Waals surface area contributed by atoms with Crippen LogP contribution >= 0.6 is 0 Å². The maximum Gasteiger partial charge on any atom is 0.188 e. The molecule has 27 heavy (non-hydrogen) atoms. The first-order valence-corrected chi connectivity index (χ1v) is 13.1. The minimum atomic E-state index is -1.42. The van der Waals surface area contributed by atoms with Crippen LogP contribution in [0.1, 0.15) is 20.3 Å². The Hall–Kier alpha value is -0.380. The molecule has 0 heterocycles. The second kappa shape index (κ2) is 15.5. The summed E-state index contributed by atoms with van der Waals surface area (Å²) in [7, 11) is -1.42. The van der Waals surface area contributed by atoms with Gasteiger partial charge in [-0.1, -0.05) is 6.07 Å². The third kappa shape index (κ3) is 15.2. The van der Waals surface area contributed by atoms with Gasteiger partial charge in [0.1, 0.15) is 0 Å². The standard InChI is InChI=1S/C9H15O2Si.C9H7.C3H6.2ClH.Zr/c1-12(2,3)11-8-10-9-6-4-5-7-9;1-2-5-9-7-3-6-8(9)4-1;1-3-2;;;/h6-7H,4,8H2,1-3H3;1-7H;1-2H3;2*1H;/q2*-1;;;;+2/p-2. The van der Waals surface area contributed by atoms with E-state index in [9.17, 15) is 0 Å². The largest absolute Gasteiger partial charge is 1.00 e. The molecule has 0 radical (unpaired) electrons. The van der Waals surface area contributed by atoms with E-state index in [4.69, 9.17) is 9.16 Å². The minimum Gasteiger partial charge on any atom is -1.00 e. The van der Waals surface area contributed by atoms with Crippen LogP contribution in [0.25, 0.3) is 10.8 Å². The molecule has 0 spiro atoms. The van der Waals surface area contributed by atoms with Gasteiger partial charge >= 0.3 is 41.3 Å². The van der Waals surface area contributed by atoms with Crippen molar-refractivity contribution in [1.29, 1.82) is 0 Å². The van der Waals surface area contributed by atoms with E-state index in [1.807, 2.05) is 12.2 Å². The molecule has 0 atom stereocenters. The Kier molecular flexibility index (Phi) is 16.6. The molecule has 0 saturated carbocycles. The maximum absolute atomic E-state index is 5.52. The number of hydrogen-bond acceptors (Lipinski definition) is 2. The predicted molar refractivity (Wildman–Crippen MR) is 107 cm³/mol. The van der Waals surface area contributed by atoms with Crippen molar-refractivity contribution in [3.8, 4) is 0 Å². The van der Waals surface area contributed by atoms with Gasteiger partial charge in [-0.15, -0.1) is 42.1 Å². The molecule has 1 aliphatic carbocycles. The van der Waals surface area contributed by atoms with Gasteiger partial charge in [0, 0.05) is 0 Å². The van der Waals surface area contributed by atoms with E-state index in [0.29, 0.717) is 6.79 Å². The molecule has 6 heteroatoms. The van der Waals surface area contributed by atoms with Gasteiger partial charge in [-0.05, 0) is 25.4 Å². The number of hydrogen-bond donors (Lipinski definition) is 0. The van der Waals surface area contributed by atoms with Crippen molar-refractivity contribution in [2.75, 3.05) is 6.79 Å². The molecular formula is C21H28Cl2O2SiZr-2. The first-order valence-electron chi connectivity index (χ1n) is 8.43. The van der Waals surface area contributed by atoms with Crippen molar-refractivity contribution in [2.45, 2.75) is 39.9 Å². The number of ether oxygens (including phenoxy) is 1. The van der Waals surface area contributed by atoms with E-state index in [-0.39, 0.29) is 24.8 Å². The molecule has 3 rings (SSSR count). The van der Waals surface area contributed by atoms with Crippen LogP contribution in [-0.4, -0.2) is 18.3 Å². The summed E-state index contributed by atoms with van der Waals surface area (Å²) in [5.74, 6) is 0.883. The Morgan fingerprint density at radius 3 is 2.30 bits per heavy atom. The monoisotopic (exact) mass is 500 g/mol. The van der Waals surface area contributed by atoms with Crippen molar-refractivity contribution in [3.05, 3.63) is 66.5 Å². The van der Waals surface area contributed by atoms with Gasteiger partial charge in [0.2, 0.25) is 0 Å². The SMILES string of the molecule is C[C](C)=[Zr+2].C[Si](C)(C)OCOC1=CC[C-]=C1.[Cl-].[Cl-].c1ccc2[cH-]ccc2c1. The summed E-state index contributed by atoms with van der Waals surface area (Å²) >= 11 is 1.55. The molecule has 0 amide bonds. The maximum atomic E-state index is 5.52. The summed E-state index contributed by atoms with van der Waals surface area (Å²) in [6.45, 7) is 11.0. The Morgan fingerprint density at radius 1 is 1.15 bits per heavy atom. The molecule has 2 aromatic rings. The summed E-state index contributed by atoms with van der Waals surface area (Å²) in [5, 5.41) is 2.66. The van der Waals surface area contributed by atoms with Crippen molar-refractivity contribution in [2.24, 2.45) is 0 Å². The molecule has 0 unspecified atom stereocenters. The number of allylic oxidation sites excluding steroid dienone is 3. The van der Waals surface area contributed by atoms with Crippen LogP contribution in [0.4, 0.5) is 0 Å². The van der Waals surface area contributed by atoms with Crippen LogP contribution in [0.15, 0.2) is 60.4 Å². The zero-order valence-electron chi connectivity index (χ0n) is 16.7. The smallest absolute Gasteiger partial charge is 0.188 e. The van der Waals surface area contributed by atoms with Gasteiger partial charge < -0.3 is 34.0 Å². The topological polar surface area (TPSA) is 18.5 Å². The number of fused-ring (bicyclic) bond motifs is 1. The van der Waals surface area contributed by atoms with Gasteiger partial charge in [-0.2, -0.15) is 23.6 Å². The van der Waals surface area contributed by atoms with Crippen molar-refractivity contribution < 1.29 is 58.2 Å². The molecule has 2 nitrogen and oxygen atoms in total. The Balaban J connectivity index is 0. The molecule has 2 aromatic carbocycles. The van der Waals surface area contributed by atoms with Crippen molar-refractivity contribution in [1.82, 2.24) is 0 Å². The van der Waals surface area contributed by atoms with Gasteiger partial charge in [-0.25, -0.2) is 0 Å². The predicted octanol–water partition coefficient (Wildman–Crippen LogP) is -0.229. The Bertz CT molecular complexity index is 684. The molecule has 0 aromatic heterocycles. The van der Waals surface area contributed by atoms with E-state index in [2.05, 4.69) is 82.0 Å². The van der Waals surface area contributed by atoms with E-state index in [1.54, 1.807) is 24.2 Å². The van der Waals surface area contributed by atoms with E-state index >= 15 is 0 Å². The molecule has 1 aliphatic rings. The fourth-order valence-corrected chi connectivity index (χ4v) is 2.24. The summed E-state index contributed by atoms with van der Waals surface area (Å²) < 4.78 is 12.4. The van der Waals surface area contributed by atoms with Crippen LogP contribution < -0.4 is 24.8 Å². The average Bonchev–Trinajstić information content (AvgIpc) is 3.17. The fraction of sp³-hybridized carbons (Fsp3) is 0.333. The van der Waals surface area contributed by atoms with Gasteiger partial charge in [0.15, 0.2) is 15.1 Å². The quantitative estimate of drug-likeness (QED) is 0.327. The van der Waals surface area contributed by atoms with Crippen LogP contribution in [0.2, 0.25) is 19.6 Å². The zero-order valence-corrected chi connectivity index (χ0v) is 21.7. The summed E-state index contributed by atoms with van der Waals surface area (Å²) in [6, 6.07) is 14.7. The fourth-order valence-electron chi connectivity index (χ4n) is 1.82. The molecular weight excluding hydrogens is 474 g/mol. The van der Waals surface area contributed by atoms with Crippen molar-refractivity contribution in [3.63, 3.8) is 0 Å². The van der Waals surface area contributed by atoms with Gasteiger partial charge in [-0.3, -0.25) is 6.08 Å². The van der Waals surface area contributed by atoms with E-state index < -0.39 is 8.32 Å². The normalized spacial score (nSPS) is 11.7. The van der Waals surface area contributed by atoms with Gasteiger partial charge in [0.05, 0.1) is 0 Å². The second-order valence-corrected chi connectivity index (χ2v) is 13.8. The van der Waals surface area contributed by atoms with Crippen molar-refractivity contribution >= 4 is 22.3 Å². The molecule has 0 N–H and O–H groups in total. The minimum absolute atomic E-state index is 0. The third-order valence-corrected chi connectivity index (χ3v) is 3.91. The second-order valence-electron chi connectivity index (χ2n) is 6.83. The third-order valence-electron chi connectivity index (χ3n) is 2.93. The summed E-state index contributed by atoms with van der Waals surface area (Å²) in [5.41, 5.74) is 0. The Labute approximate surface area is 192 Å². The first kappa shape index (κ1) is 28.8. The molecule has 0 aliphatic heterocycles. The number of halogens is 2. The van der Waals surface area contributed by atoms with Crippen LogP contribution in [-0.2, 0) is 33.4 Å². The number of rotatable bonds is 4. The summed E-state index contributed by atoms with van der Waals surface area (Å²) in [6.07, 6.45) is 7.74. The average molecular weight is 503 g/mol. The summed E-state index contributed by atoms with van der Waals surface area (Å²) in [4.78, 5) is 0. The van der Waals surface area contributed by atoms with Gasteiger partial charge in [0.25, 0.3) is 0 Å². The molecule has 148 valence electrons. The molecule has 0 bridgehead atoms. The number of benzene rings is 1. The zero-order chi connectivity index (χ0) is 18.7. The Morgan fingerprint density at radius 2 is 1.78 bits per heavy atom. The van der Waals surface area contributed by atoms with Crippen LogP contribution in [0, 0.1) is 6.08 Å². The van der Waals surface area contributed by atoms with Crippen LogP contribution in [0.3, 0.4) is 0 Å².